The molecule has 0 aliphatic carbocycles. The molecule has 0 saturated carbocycles. The number of rotatable bonds is 2. The smallest absolute Gasteiger partial charge is 0.265 e. The van der Waals surface area contributed by atoms with Crippen molar-refractivity contribution in [1.29, 1.82) is 0 Å². The van der Waals surface area contributed by atoms with Gasteiger partial charge in [0, 0.05) is 6.20 Å². The van der Waals surface area contributed by atoms with Gasteiger partial charge >= 0.3 is 0 Å². The summed E-state index contributed by atoms with van der Waals surface area (Å²) in [6, 6.07) is 1.78. The molecule has 1 unspecified atom stereocenters. The maximum absolute atomic E-state index is 11.5. The number of aromatic nitrogens is 1. The zero-order chi connectivity index (χ0) is 10.8. The number of carbonyl (C=O) groups excluding carboxylic acids is 1. The number of fused-ring (bicyclic) bond motifs is 1. The van der Waals surface area contributed by atoms with Crippen molar-refractivity contribution >= 4 is 19.4 Å². The van der Waals surface area contributed by atoms with Gasteiger partial charge in [-0.2, -0.15) is 0 Å². The maximum Gasteiger partial charge on any atom is 0.265 e. The minimum Gasteiger partial charge on any atom is -0.463 e. The molecule has 0 fully saturated rings. The van der Waals surface area contributed by atoms with E-state index in [-0.39, 0.29) is 5.91 Å². The standard InChI is InChI=1S/C10H11BN2O2/c1-2-8-9(14)13-7-3-6(4-11)5-12-10(7)15-8/h3,5,8H,2,4H2,1H3,(H,13,14). The van der Waals surface area contributed by atoms with E-state index in [1.807, 2.05) is 6.92 Å². The van der Waals surface area contributed by atoms with Crippen LogP contribution >= 0.6 is 0 Å². The minimum absolute atomic E-state index is 0.124. The molecule has 76 valence electrons. The molecule has 0 spiro atoms. The Morgan fingerprint density at radius 2 is 2.47 bits per heavy atom. The Kier molecular flexibility index (Phi) is 2.62. The van der Waals surface area contributed by atoms with Crippen molar-refractivity contribution in [3.63, 3.8) is 0 Å². The molecular weight excluding hydrogens is 191 g/mol. The van der Waals surface area contributed by atoms with Gasteiger partial charge in [0.15, 0.2) is 6.10 Å². The second kappa shape index (κ2) is 3.92. The van der Waals surface area contributed by atoms with E-state index in [1.54, 1.807) is 12.3 Å². The largest absolute Gasteiger partial charge is 0.463 e. The molecule has 1 amide bonds. The lowest BCUT2D eigenvalue weighted by Gasteiger charge is -2.24. The zero-order valence-corrected chi connectivity index (χ0v) is 8.49. The van der Waals surface area contributed by atoms with Crippen molar-refractivity contribution < 1.29 is 9.53 Å². The van der Waals surface area contributed by atoms with E-state index in [1.165, 1.54) is 0 Å². The van der Waals surface area contributed by atoms with E-state index in [2.05, 4.69) is 10.3 Å². The molecule has 15 heavy (non-hydrogen) atoms. The van der Waals surface area contributed by atoms with Crippen LogP contribution in [-0.4, -0.2) is 24.8 Å². The van der Waals surface area contributed by atoms with Crippen molar-refractivity contribution in [2.24, 2.45) is 0 Å². The Bertz CT molecular complexity index is 395. The first-order chi connectivity index (χ1) is 7.24. The monoisotopic (exact) mass is 202 g/mol. The van der Waals surface area contributed by atoms with Crippen molar-refractivity contribution in [1.82, 2.24) is 4.98 Å². The summed E-state index contributed by atoms with van der Waals surface area (Å²) in [5.74, 6) is 0.347. The normalized spacial score (nSPS) is 19.0. The van der Waals surface area contributed by atoms with Gasteiger partial charge in [0.25, 0.3) is 5.91 Å². The van der Waals surface area contributed by atoms with Crippen molar-refractivity contribution in [3.8, 4) is 5.88 Å². The first-order valence-electron chi connectivity index (χ1n) is 4.91. The van der Waals surface area contributed by atoms with Gasteiger partial charge in [-0.05, 0) is 18.1 Å². The van der Waals surface area contributed by atoms with Gasteiger partial charge in [-0.1, -0.05) is 13.2 Å². The topological polar surface area (TPSA) is 51.2 Å². The molecule has 0 saturated heterocycles. The van der Waals surface area contributed by atoms with E-state index < -0.39 is 6.10 Å². The van der Waals surface area contributed by atoms with Gasteiger partial charge in [0.05, 0.1) is 7.85 Å². The van der Waals surface area contributed by atoms with Crippen LogP contribution in [0.2, 0.25) is 0 Å². The Morgan fingerprint density at radius 3 is 3.13 bits per heavy atom. The SMILES string of the molecule is [B]Cc1cnc2c(c1)NC(=O)C(CC)O2. The Balaban J connectivity index is 2.32. The van der Waals surface area contributed by atoms with Crippen LogP contribution < -0.4 is 10.1 Å². The summed E-state index contributed by atoms with van der Waals surface area (Å²) in [5, 5.41) is 2.75. The summed E-state index contributed by atoms with van der Waals surface area (Å²) < 4.78 is 5.43. The average molecular weight is 202 g/mol. The maximum atomic E-state index is 11.5. The third-order valence-electron chi connectivity index (χ3n) is 2.32. The molecule has 1 aromatic heterocycles. The van der Waals surface area contributed by atoms with E-state index >= 15 is 0 Å². The number of carbonyl (C=O) groups is 1. The molecule has 1 N–H and O–H groups in total. The third kappa shape index (κ3) is 1.82. The fourth-order valence-electron chi connectivity index (χ4n) is 1.46. The van der Waals surface area contributed by atoms with Crippen LogP contribution in [0.3, 0.4) is 0 Å². The lowest BCUT2D eigenvalue weighted by Crippen LogP contribution is -2.36. The molecule has 4 nitrogen and oxygen atoms in total. The fourth-order valence-corrected chi connectivity index (χ4v) is 1.46. The number of pyridine rings is 1. The Morgan fingerprint density at radius 1 is 1.67 bits per heavy atom. The molecule has 0 bridgehead atoms. The van der Waals surface area contributed by atoms with Crippen molar-refractivity contribution in [2.75, 3.05) is 5.32 Å². The highest BCUT2D eigenvalue weighted by molar-refractivity contribution is 6.08. The molecule has 1 aliphatic rings. The highest BCUT2D eigenvalue weighted by Crippen LogP contribution is 2.28. The molecule has 0 aromatic carbocycles. The van der Waals surface area contributed by atoms with Crippen LogP contribution in [0.15, 0.2) is 12.3 Å². The summed E-state index contributed by atoms with van der Waals surface area (Å²) >= 11 is 0. The molecule has 2 radical (unpaired) electrons. The minimum atomic E-state index is -0.436. The van der Waals surface area contributed by atoms with Crippen molar-refractivity contribution in [3.05, 3.63) is 17.8 Å². The van der Waals surface area contributed by atoms with Gasteiger partial charge in [-0.3, -0.25) is 4.79 Å². The summed E-state index contributed by atoms with van der Waals surface area (Å²) in [6.07, 6.45) is 2.25. The van der Waals surface area contributed by atoms with Crippen LogP contribution in [0.4, 0.5) is 5.69 Å². The summed E-state index contributed by atoms with van der Waals surface area (Å²) in [7, 11) is 5.48. The molecular formula is C10H11BN2O2. The molecule has 2 rings (SSSR count). The average Bonchev–Trinajstić information content (AvgIpc) is 2.27. The summed E-state index contributed by atoms with van der Waals surface area (Å²) in [5.41, 5.74) is 1.47. The van der Waals surface area contributed by atoms with E-state index in [9.17, 15) is 4.79 Å². The lowest BCUT2D eigenvalue weighted by molar-refractivity contribution is -0.123. The number of hydrogen-bond acceptors (Lipinski definition) is 3. The number of hydrogen-bond donors (Lipinski definition) is 1. The van der Waals surface area contributed by atoms with Gasteiger partial charge in [-0.25, -0.2) is 4.98 Å². The second-order valence-corrected chi connectivity index (χ2v) is 3.40. The van der Waals surface area contributed by atoms with Crippen LogP contribution in [0.1, 0.15) is 18.9 Å². The fraction of sp³-hybridized carbons (Fsp3) is 0.400. The van der Waals surface area contributed by atoms with E-state index in [0.29, 0.717) is 24.3 Å². The number of ether oxygens (including phenoxy) is 1. The quantitative estimate of drug-likeness (QED) is 0.723. The predicted octanol–water partition coefficient (Wildman–Crippen LogP) is 0.860. The second-order valence-electron chi connectivity index (χ2n) is 3.40. The van der Waals surface area contributed by atoms with Crippen LogP contribution in [-0.2, 0) is 11.1 Å². The molecule has 5 heteroatoms. The van der Waals surface area contributed by atoms with Crippen LogP contribution in [0.5, 0.6) is 5.88 Å². The van der Waals surface area contributed by atoms with E-state index in [0.717, 1.165) is 5.56 Å². The third-order valence-corrected chi connectivity index (χ3v) is 2.32. The lowest BCUT2D eigenvalue weighted by atomic mass is 9.98. The number of anilines is 1. The summed E-state index contributed by atoms with van der Waals surface area (Å²) in [6.45, 7) is 1.89. The van der Waals surface area contributed by atoms with Crippen LogP contribution in [0.25, 0.3) is 0 Å². The summed E-state index contributed by atoms with van der Waals surface area (Å²) in [4.78, 5) is 15.6. The highest BCUT2D eigenvalue weighted by atomic mass is 16.5. The van der Waals surface area contributed by atoms with Gasteiger partial charge in [0.2, 0.25) is 5.88 Å². The first kappa shape index (κ1) is 10.0. The molecule has 2 heterocycles. The van der Waals surface area contributed by atoms with E-state index in [4.69, 9.17) is 12.6 Å². The number of amides is 1. The molecule has 1 aromatic rings. The van der Waals surface area contributed by atoms with Crippen molar-refractivity contribution in [2.45, 2.75) is 25.8 Å². The predicted molar refractivity (Wildman–Crippen MR) is 57.0 cm³/mol. The van der Waals surface area contributed by atoms with Gasteiger partial charge < -0.3 is 10.1 Å². The Labute approximate surface area is 89.4 Å². The number of nitrogens with zero attached hydrogens (tertiary/aromatic N) is 1. The highest BCUT2D eigenvalue weighted by Gasteiger charge is 2.26. The van der Waals surface area contributed by atoms with Gasteiger partial charge in [-0.15, -0.1) is 0 Å². The van der Waals surface area contributed by atoms with Crippen LogP contribution in [0, 0.1) is 0 Å². The molecule has 1 atom stereocenters. The Hall–Kier alpha value is -1.52. The van der Waals surface area contributed by atoms with Gasteiger partial charge in [0.1, 0.15) is 5.69 Å². The first-order valence-corrected chi connectivity index (χ1v) is 4.91. The molecule has 1 aliphatic heterocycles. The number of nitrogens with one attached hydrogen (secondary N) is 1. The zero-order valence-electron chi connectivity index (χ0n) is 8.49.